The Morgan fingerprint density at radius 3 is 1.46 bits per heavy atom. The Kier molecular flexibility index (Phi) is 17.1. The molecular formula is C8H21BO4. The molecular weight excluding hydrogens is 171 g/mol. The summed E-state index contributed by atoms with van der Waals surface area (Å²) in [6.07, 6.45) is 4.91. The van der Waals surface area contributed by atoms with Gasteiger partial charge in [0.25, 0.3) is 0 Å². The van der Waals surface area contributed by atoms with Crippen LogP contribution in [0.1, 0.15) is 39.5 Å². The van der Waals surface area contributed by atoms with Crippen molar-refractivity contribution in [2.75, 3.05) is 13.2 Å². The van der Waals surface area contributed by atoms with E-state index in [-0.39, 0.29) is 0 Å². The molecule has 13 heavy (non-hydrogen) atoms. The highest BCUT2D eigenvalue weighted by Crippen LogP contribution is 1.91. The molecule has 0 saturated carbocycles. The van der Waals surface area contributed by atoms with Crippen LogP contribution in [0.3, 0.4) is 0 Å². The number of hydrogen-bond acceptors (Lipinski definition) is 4. The van der Waals surface area contributed by atoms with Crippen LogP contribution in [0.2, 0.25) is 0 Å². The van der Waals surface area contributed by atoms with E-state index in [1.165, 1.54) is 25.7 Å². The van der Waals surface area contributed by atoms with Gasteiger partial charge < -0.3 is 19.8 Å². The van der Waals surface area contributed by atoms with E-state index in [2.05, 4.69) is 13.8 Å². The summed E-state index contributed by atoms with van der Waals surface area (Å²) in [5.74, 6) is 0. The normalized spacial score (nSPS) is 9.00. The highest BCUT2D eigenvalue weighted by Gasteiger charge is 1.92. The van der Waals surface area contributed by atoms with Crippen molar-refractivity contribution < 1.29 is 19.8 Å². The van der Waals surface area contributed by atoms with Gasteiger partial charge in [0.2, 0.25) is 0 Å². The smallest absolute Gasteiger partial charge is 0.402 e. The number of rotatable bonds is 6. The standard InChI is InChI=1S/C8H18O.BH3O3/c1-3-5-7-9-8-6-4-2;2-1(3)4/h3-8H2,1-2H3;2-4H. The highest BCUT2D eigenvalue weighted by atomic mass is 16.5. The SMILES string of the molecule is CCCCOCCCC.OB(O)O. The lowest BCUT2D eigenvalue weighted by Crippen LogP contribution is -2.07. The minimum Gasteiger partial charge on any atom is -0.402 e. The molecule has 80 valence electrons. The fourth-order valence-electron chi connectivity index (χ4n) is 0.595. The van der Waals surface area contributed by atoms with Gasteiger partial charge in [0.15, 0.2) is 0 Å². The van der Waals surface area contributed by atoms with Gasteiger partial charge >= 0.3 is 7.32 Å². The van der Waals surface area contributed by atoms with Crippen LogP contribution in [-0.4, -0.2) is 35.6 Å². The largest absolute Gasteiger partial charge is 0.631 e. The topological polar surface area (TPSA) is 69.9 Å². The second-order valence-corrected chi connectivity index (χ2v) is 2.67. The molecule has 3 N–H and O–H groups in total. The summed E-state index contributed by atoms with van der Waals surface area (Å²) in [4.78, 5) is 0. The van der Waals surface area contributed by atoms with Gasteiger partial charge in [-0.1, -0.05) is 26.7 Å². The molecule has 0 aromatic heterocycles. The quantitative estimate of drug-likeness (QED) is 0.424. The zero-order valence-corrected chi connectivity index (χ0v) is 8.57. The summed E-state index contributed by atoms with van der Waals surface area (Å²) in [5.41, 5.74) is 0. The highest BCUT2D eigenvalue weighted by molar-refractivity contribution is 6.30. The van der Waals surface area contributed by atoms with Gasteiger partial charge in [-0.25, -0.2) is 0 Å². The van der Waals surface area contributed by atoms with Crippen molar-refractivity contribution in [2.24, 2.45) is 0 Å². The van der Waals surface area contributed by atoms with Gasteiger partial charge in [0.05, 0.1) is 0 Å². The average molecular weight is 192 g/mol. The van der Waals surface area contributed by atoms with Crippen LogP contribution in [0.5, 0.6) is 0 Å². The molecule has 0 unspecified atom stereocenters. The third-order valence-corrected chi connectivity index (χ3v) is 1.28. The Balaban J connectivity index is 0. The Morgan fingerprint density at radius 2 is 1.23 bits per heavy atom. The monoisotopic (exact) mass is 192 g/mol. The van der Waals surface area contributed by atoms with Crippen molar-refractivity contribution in [3.63, 3.8) is 0 Å². The minimum atomic E-state index is -2.17. The predicted octanol–water partition coefficient (Wildman–Crippen LogP) is 0.551. The predicted molar refractivity (Wildman–Crippen MR) is 53.0 cm³/mol. The van der Waals surface area contributed by atoms with E-state index in [4.69, 9.17) is 19.8 Å². The second kappa shape index (κ2) is 14.4. The first-order valence-corrected chi connectivity index (χ1v) is 4.77. The zero-order chi connectivity index (χ0) is 10.5. The minimum absolute atomic E-state index is 0.955. The van der Waals surface area contributed by atoms with E-state index in [1.54, 1.807) is 0 Å². The molecule has 0 amide bonds. The van der Waals surface area contributed by atoms with Crippen LogP contribution in [0.25, 0.3) is 0 Å². The molecule has 0 spiro atoms. The summed E-state index contributed by atoms with van der Waals surface area (Å²) in [6, 6.07) is 0. The fourth-order valence-corrected chi connectivity index (χ4v) is 0.595. The third kappa shape index (κ3) is 33.5. The average Bonchev–Trinajstić information content (AvgIpc) is 2.03. The van der Waals surface area contributed by atoms with Gasteiger partial charge in [-0.05, 0) is 12.8 Å². The maximum absolute atomic E-state index is 7.17. The lowest BCUT2D eigenvalue weighted by molar-refractivity contribution is 0.128. The number of hydrogen-bond donors (Lipinski definition) is 3. The van der Waals surface area contributed by atoms with Gasteiger partial charge in [-0.2, -0.15) is 0 Å². The van der Waals surface area contributed by atoms with E-state index in [1.807, 2.05) is 0 Å². The summed E-state index contributed by atoms with van der Waals surface area (Å²) >= 11 is 0. The lowest BCUT2D eigenvalue weighted by atomic mass is 10.3. The third-order valence-electron chi connectivity index (χ3n) is 1.28. The number of unbranched alkanes of at least 4 members (excludes halogenated alkanes) is 2. The molecule has 0 saturated heterocycles. The van der Waals surface area contributed by atoms with Crippen molar-refractivity contribution in [3.05, 3.63) is 0 Å². The first-order valence-electron chi connectivity index (χ1n) is 4.77. The molecule has 0 heterocycles. The number of ether oxygens (including phenoxy) is 1. The molecule has 0 radical (unpaired) electrons. The maximum Gasteiger partial charge on any atom is 0.631 e. The molecule has 0 rings (SSSR count). The van der Waals surface area contributed by atoms with Crippen molar-refractivity contribution >= 4 is 7.32 Å². The van der Waals surface area contributed by atoms with E-state index in [9.17, 15) is 0 Å². The first-order chi connectivity index (χ1) is 6.15. The Morgan fingerprint density at radius 1 is 0.923 bits per heavy atom. The van der Waals surface area contributed by atoms with Crippen LogP contribution >= 0.6 is 0 Å². The molecule has 5 heteroatoms. The zero-order valence-electron chi connectivity index (χ0n) is 8.57. The van der Waals surface area contributed by atoms with Crippen LogP contribution in [0.15, 0.2) is 0 Å². The van der Waals surface area contributed by atoms with Crippen LogP contribution in [0, 0.1) is 0 Å². The summed E-state index contributed by atoms with van der Waals surface area (Å²) in [5, 5.41) is 21.5. The molecule has 0 aromatic carbocycles. The van der Waals surface area contributed by atoms with E-state index < -0.39 is 7.32 Å². The molecule has 0 aliphatic carbocycles. The van der Waals surface area contributed by atoms with Crippen molar-refractivity contribution in [2.45, 2.75) is 39.5 Å². The summed E-state index contributed by atoms with van der Waals surface area (Å²) < 4.78 is 5.31. The Hall–Kier alpha value is -0.0951. The van der Waals surface area contributed by atoms with E-state index in [0.717, 1.165) is 13.2 Å². The molecule has 0 bridgehead atoms. The van der Waals surface area contributed by atoms with Crippen LogP contribution in [-0.2, 0) is 4.74 Å². The molecule has 0 fully saturated rings. The van der Waals surface area contributed by atoms with Gasteiger partial charge in [-0.15, -0.1) is 0 Å². The Bertz CT molecular complexity index is 71.8. The Labute approximate surface area is 80.7 Å². The molecule has 0 aliphatic rings. The first kappa shape index (κ1) is 15.4. The van der Waals surface area contributed by atoms with Crippen LogP contribution < -0.4 is 0 Å². The molecule has 0 aliphatic heterocycles. The van der Waals surface area contributed by atoms with Gasteiger partial charge in [-0.3, -0.25) is 0 Å². The van der Waals surface area contributed by atoms with Crippen molar-refractivity contribution in [3.8, 4) is 0 Å². The summed E-state index contributed by atoms with van der Waals surface area (Å²) in [6.45, 7) is 6.28. The molecule has 4 nitrogen and oxygen atoms in total. The van der Waals surface area contributed by atoms with E-state index in [0.29, 0.717) is 0 Å². The fraction of sp³-hybridized carbons (Fsp3) is 1.00. The lowest BCUT2D eigenvalue weighted by Gasteiger charge is -1.99. The maximum atomic E-state index is 7.17. The van der Waals surface area contributed by atoms with Crippen molar-refractivity contribution in [1.82, 2.24) is 0 Å². The van der Waals surface area contributed by atoms with Crippen LogP contribution in [0.4, 0.5) is 0 Å². The molecule has 0 atom stereocenters. The van der Waals surface area contributed by atoms with Gasteiger partial charge in [0.1, 0.15) is 0 Å². The van der Waals surface area contributed by atoms with Gasteiger partial charge in [0, 0.05) is 13.2 Å². The molecule has 0 aromatic rings. The second-order valence-electron chi connectivity index (χ2n) is 2.67. The van der Waals surface area contributed by atoms with Crippen molar-refractivity contribution in [1.29, 1.82) is 0 Å². The summed E-state index contributed by atoms with van der Waals surface area (Å²) in [7, 11) is -2.17. The van der Waals surface area contributed by atoms with E-state index >= 15 is 0 Å².